The Bertz CT molecular complexity index is 979. The SMILES string of the molecule is CCN(CC)Cc1ccccc1C1(c2ccccc2)OC(C)(O)c2ccccc21. The van der Waals surface area contributed by atoms with Gasteiger partial charge in [-0.3, -0.25) is 4.90 Å². The van der Waals surface area contributed by atoms with Crippen molar-refractivity contribution in [1.82, 2.24) is 4.90 Å². The van der Waals surface area contributed by atoms with E-state index in [-0.39, 0.29) is 0 Å². The number of rotatable bonds is 6. The van der Waals surface area contributed by atoms with E-state index in [0.717, 1.165) is 41.9 Å². The van der Waals surface area contributed by atoms with Crippen molar-refractivity contribution in [3.05, 3.63) is 107 Å². The number of hydrogen-bond donors (Lipinski definition) is 1. The third kappa shape index (κ3) is 3.29. The second-order valence-electron chi connectivity index (χ2n) is 7.80. The molecule has 1 aliphatic heterocycles. The van der Waals surface area contributed by atoms with E-state index in [9.17, 15) is 5.11 Å². The van der Waals surface area contributed by atoms with Crippen LogP contribution in [0.1, 0.15) is 48.6 Å². The Morgan fingerprint density at radius 3 is 1.97 bits per heavy atom. The zero-order valence-corrected chi connectivity index (χ0v) is 17.4. The lowest BCUT2D eigenvalue weighted by Crippen LogP contribution is -2.35. The van der Waals surface area contributed by atoms with Crippen molar-refractivity contribution in [2.75, 3.05) is 13.1 Å². The topological polar surface area (TPSA) is 32.7 Å². The molecule has 0 saturated heterocycles. The van der Waals surface area contributed by atoms with E-state index in [1.807, 2.05) is 36.4 Å². The zero-order chi connectivity index (χ0) is 20.5. The molecule has 3 nitrogen and oxygen atoms in total. The molecule has 0 spiro atoms. The minimum atomic E-state index is -1.37. The minimum Gasteiger partial charge on any atom is -0.362 e. The lowest BCUT2D eigenvalue weighted by molar-refractivity contribution is -0.225. The fourth-order valence-corrected chi connectivity index (χ4v) is 4.54. The van der Waals surface area contributed by atoms with E-state index in [1.54, 1.807) is 6.92 Å². The Morgan fingerprint density at radius 2 is 1.31 bits per heavy atom. The number of nitrogens with zero attached hydrogens (tertiary/aromatic N) is 1. The lowest BCUT2D eigenvalue weighted by atomic mass is 9.77. The Balaban J connectivity index is 1.99. The molecule has 0 saturated carbocycles. The van der Waals surface area contributed by atoms with Crippen LogP contribution in [0.5, 0.6) is 0 Å². The molecule has 1 aliphatic rings. The standard InChI is InChI=1S/C26H29NO2/c1-4-27(5-2)19-20-13-9-10-16-22(20)26(21-14-7-6-8-15-21)24-18-12-11-17-23(24)25(3,28)29-26/h6-18,28H,4-5,19H2,1-3H3. The maximum absolute atomic E-state index is 11.2. The highest BCUT2D eigenvalue weighted by molar-refractivity contribution is 5.56. The van der Waals surface area contributed by atoms with Gasteiger partial charge in [-0.2, -0.15) is 0 Å². The maximum atomic E-state index is 11.2. The summed E-state index contributed by atoms with van der Waals surface area (Å²) in [7, 11) is 0. The second kappa shape index (κ2) is 7.75. The highest BCUT2D eigenvalue weighted by atomic mass is 16.6. The smallest absolute Gasteiger partial charge is 0.191 e. The summed E-state index contributed by atoms with van der Waals surface area (Å²) in [6.07, 6.45) is 0. The van der Waals surface area contributed by atoms with Crippen LogP contribution in [0.4, 0.5) is 0 Å². The summed E-state index contributed by atoms with van der Waals surface area (Å²) >= 11 is 0. The first-order valence-corrected chi connectivity index (χ1v) is 10.4. The Morgan fingerprint density at radius 1 is 0.759 bits per heavy atom. The zero-order valence-electron chi connectivity index (χ0n) is 17.4. The van der Waals surface area contributed by atoms with E-state index in [1.165, 1.54) is 5.56 Å². The quantitative estimate of drug-likeness (QED) is 0.645. The molecular weight excluding hydrogens is 358 g/mol. The van der Waals surface area contributed by atoms with Crippen LogP contribution in [-0.4, -0.2) is 23.1 Å². The lowest BCUT2D eigenvalue weighted by Gasteiger charge is -2.35. The van der Waals surface area contributed by atoms with Gasteiger partial charge in [0.1, 0.15) is 5.60 Å². The van der Waals surface area contributed by atoms with Gasteiger partial charge < -0.3 is 9.84 Å². The van der Waals surface area contributed by atoms with Crippen LogP contribution in [0.2, 0.25) is 0 Å². The molecule has 150 valence electrons. The van der Waals surface area contributed by atoms with Crippen LogP contribution < -0.4 is 0 Å². The van der Waals surface area contributed by atoms with E-state index >= 15 is 0 Å². The van der Waals surface area contributed by atoms with E-state index in [2.05, 4.69) is 61.2 Å². The van der Waals surface area contributed by atoms with Crippen molar-refractivity contribution in [3.8, 4) is 0 Å². The first kappa shape index (κ1) is 19.8. The van der Waals surface area contributed by atoms with Crippen LogP contribution in [0, 0.1) is 0 Å². The maximum Gasteiger partial charge on any atom is 0.191 e. The van der Waals surface area contributed by atoms with Crippen LogP contribution in [0.3, 0.4) is 0 Å². The van der Waals surface area contributed by atoms with Crippen LogP contribution >= 0.6 is 0 Å². The molecule has 1 N–H and O–H groups in total. The Hall–Kier alpha value is -2.46. The number of hydrogen-bond acceptors (Lipinski definition) is 3. The van der Waals surface area contributed by atoms with E-state index in [0.29, 0.717) is 0 Å². The van der Waals surface area contributed by atoms with Crippen molar-refractivity contribution in [2.24, 2.45) is 0 Å². The molecule has 0 amide bonds. The molecule has 0 aromatic heterocycles. The van der Waals surface area contributed by atoms with Gasteiger partial charge in [-0.1, -0.05) is 92.7 Å². The fraction of sp³-hybridized carbons (Fsp3) is 0.308. The molecule has 3 aromatic rings. The first-order chi connectivity index (χ1) is 14.0. The summed E-state index contributed by atoms with van der Waals surface area (Å²) < 4.78 is 6.61. The van der Waals surface area contributed by atoms with Gasteiger partial charge in [0.25, 0.3) is 0 Å². The summed E-state index contributed by atoms with van der Waals surface area (Å²) in [4.78, 5) is 2.40. The summed E-state index contributed by atoms with van der Waals surface area (Å²) in [5, 5.41) is 11.2. The predicted molar refractivity (Wildman–Crippen MR) is 116 cm³/mol. The van der Waals surface area contributed by atoms with Crippen molar-refractivity contribution >= 4 is 0 Å². The molecule has 0 fully saturated rings. The molecule has 4 rings (SSSR count). The Kier molecular flexibility index (Phi) is 5.30. The van der Waals surface area contributed by atoms with Gasteiger partial charge in [-0.05, 0) is 36.7 Å². The van der Waals surface area contributed by atoms with E-state index < -0.39 is 11.4 Å². The summed E-state index contributed by atoms with van der Waals surface area (Å²) in [5.74, 6) is -1.37. The molecule has 29 heavy (non-hydrogen) atoms. The molecule has 0 aliphatic carbocycles. The molecule has 2 unspecified atom stereocenters. The predicted octanol–water partition coefficient (Wildman–Crippen LogP) is 5.02. The first-order valence-electron chi connectivity index (χ1n) is 10.4. The second-order valence-corrected chi connectivity index (χ2v) is 7.80. The third-order valence-electron chi connectivity index (χ3n) is 6.02. The van der Waals surface area contributed by atoms with Gasteiger partial charge in [0, 0.05) is 17.7 Å². The molecular formula is C26H29NO2. The van der Waals surface area contributed by atoms with Crippen LogP contribution in [-0.2, 0) is 22.7 Å². The number of aliphatic hydroxyl groups is 1. The molecule has 3 heteroatoms. The third-order valence-corrected chi connectivity index (χ3v) is 6.02. The van der Waals surface area contributed by atoms with Gasteiger partial charge in [-0.25, -0.2) is 0 Å². The van der Waals surface area contributed by atoms with Gasteiger partial charge >= 0.3 is 0 Å². The number of benzene rings is 3. The van der Waals surface area contributed by atoms with E-state index in [4.69, 9.17) is 4.74 Å². The van der Waals surface area contributed by atoms with Crippen LogP contribution in [0.15, 0.2) is 78.9 Å². The molecule has 3 aromatic carbocycles. The summed E-state index contributed by atoms with van der Waals surface area (Å²) in [6.45, 7) is 8.92. The largest absolute Gasteiger partial charge is 0.362 e. The highest BCUT2D eigenvalue weighted by Crippen LogP contribution is 2.53. The summed E-state index contributed by atoms with van der Waals surface area (Å²) in [5.41, 5.74) is 4.29. The molecule has 0 radical (unpaired) electrons. The van der Waals surface area contributed by atoms with Crippen molar-refractivity contribution < 1.29 is 9.84 Å². The highest BCUT2D eigenvalue weighted by Gasteiger charge is 2.53. The van der Waals surface area contributed by atoms with Gasteiger partial charge in [0.15, 0.2) is 5.79 Å². The number of fused-ring (bicyclic) bond motifs is 1. The van der Waals surface area contributed by atoms with Gasteiger partial charge in [0.05, 0.1) is 0 Å². The normalized spacial score (nSPS) is 23.3. The van der Waals surface area contributed by atoms with Gasteiger partial charge in [-0.15, -0.1) is 0 Å². The fourth-order valence-electron chi connectivity index (χ4n) is 4.54. The average Bonchev–Trinajstić information content (AvgIpc) is 3.01. The van der Waals surface area contributed by atoms with Crippen LogP contribution in [0.25, 0.3) is 0 Å². The van der Waals surface area contributed by atoms with Crippen molar-refractivity contribution in [2.45, 2.75) is 38.7 Å². The molecule has 0 bridgehead atoms. The van der Waals surface area contributed by atoms with Crippen molar-refractivity contribution in [1.29, 1.82) is 0 Å². The average molecular weight is 388 g/mol. The Labute approximate surface area is 173 Å². The van der Waals surface area contributed by atoms with Crippen molar-refractivity contribution in [3.63, 3.8) is 0 Å². The van der Waals surface area contributed by atoms with Gasteiger partial charge in [0.2, 0.25) is 0 Å². The number of ether oxygens (including phenoxy) is 1. The summed E-state index contributed by atoms with van der Waals surface area (Å²) in [6, 6.07) is 26.7. The monoisotopic (exact) mass is 387 g/mol. The minimum absolute atomic E-state index is 0.821. The molecule has 1 heterocycles. The molecule has 2 atom stereocenters.